The second kappa shape index (κ2) is 6.56. The van der Waals surface area contributed by atoms with Crippen LogP contribution in [0.2, 0.25) is 6.04 Å². The fourth-order valence-electron chi connectivity index (χ4n) is 0.948. The van der Waals surface area contributed by atoms with Gasteiger partial charge in [0.1, 0.15) is 0 Å². The molecule has 2 atom stereocenters. The smallest absolute Gasteiger partial charge is 0.384 e. The van der Waals surface area contributed by atoms with Crippen LogP contribution in [0.3, 0.4) is 0 Å². The highest BCUT2D eigenvalue weighted by Gasteiger charge is 2.21. The summed E-state index contributed by atoms with van der Waals surface area (Å²) < 4.78 is 10.3. The SMILES string of the molecule is CO[Si](CC(CN)C(C)N)OC. The first-order chi connectivity index (χ1) is 5.65. The molecule has 0 amide bonds. The summed E-state index contributed by atoms with van der Waals surface area (Å²) in [5.74, 6) is 0.304. The third-order valence-corrected chi connectivity index (χ3v) is 3.70. The molecule has 2 unspecified atom stereocenters. The summed E-state index contributed by atoms with van der Waals surface area (Å²) in [6.07, 6.45) is 0. The number of nitrogens with two attached hydrogens (primary N) is 2. The minimum Gasteiger partial charge on any atom is -0.397 e. The second-order valence-electron chi connectivity index (χ2n) is 2.84. The molecule has 0 fully saturated rings. The van der Waals surface area contributed by atoms with Crippen LogP contribution in [0, 0.1) is 5.92 Å². The largest absolute Gasteiger partial charge is 0.397 e. The molecule has 0 heterocycles. The van der Waals surface area contributed by atoms with Crippen LogP contribution in [0.1, 0.15) is 6.92 Å². The van der Waals surface area contributed by atoms with E-state index in [4.69, 9.17) is 20.3 Å². The Kier molecular flexibility index (Phi) is 6.59. The molecule has 0 aromatic rings. The van der Waals surface area contributed by atoms with Gasteiger partial charge in [0.15, 0.2) is 0 Å². The van der Waals surface area contributed by atoms with Crippen molar-refractivity contribution in [1.82, 2.24) is 0 Å². The predicted octanol–water partition coefficient (Wildman–Crippen LogP) is -0.310. The maximum absolute atomic E-state index is 5.73. The van der Waals surface area contributed by atoms with E-state index < -0.39 is 9.28 Å². The Morgan fingerprint density at radius 1 is 1.33 bits per heavy atom. The summed E-state index contributed by atoms with van der Waals surface area (Å²) in [4.78, 5) is 0. The molecule has 0 saturated carbocycles. The zero-order chi connectivity index (χ0) is 9.56. The van der Waals surface area contributed by atoms with Crippen LogP contribution in [0.25, 0.3) is 0 Å². The Morgan fingerprint density at radius 2 is 1.83 bits per heavy atom. The molecule has 0 aliphatic rings. The second-order valence-corrected chi connectivity index (χ2v) is 4.81. The highest BCUT2D eigenvalue weighted by molar-refractivity contribution is 6.44. The summed E-state index contributed by atoms with van der Waals surface area (Å²) in [7, 11) is 2.18. The molecule has 5 heteroatoms. The normalized spacial score (nSPS) is 16.5. The Balaban J connectivity index is 3.82. The van der Waals surface area contributed by atoms with Gasteiger partial charge in [-0.2, -0.15) is 0 Å². The summed E-state index contributed by atoms with van der Waals surface area (Å²) in [6, 6.07) is 0.964. The molecule has 0 bridgehead atoms. The van der Waals surface area contributed by atoms with Crippen LogP contribution in [-0.2, 0) is 8.85 Å². The third-order valence-electron chi connectivity index (χ3n) is 1.93. The highest BCUT2D eigenvalue weighted by Crippen LogP contribution is 2.10. The molecule has 0 saturated heterocycles. The summed E-state index contributed by atoms with van der Waals surface area (Å²) in [6.45, 7) is 2.56. The van der Waals surface area contributed by atoms with Crippen molar-refractivity contribution in [2.75, 3.05) is 20.8 Å². The Morgan fingerprint density at radius 3 is 2.08 bits per heavy atom. The number of rotatable bonds is 6. The lowest BCUT2D eigenvalue weighted by Gasteiger charge is -2.20. The minimum absolute atomic E-state index is 0.111. The molecule has 4 N–H and O–H groups in total. The molecular weight excluding hydrogens is 172 g/mol. The van der Waals surface area contributed by atoms with E-state index in [1.165, 1.54) is 0 Å². The van der Waals surface area contributed by atoms with Crippen LogP contribution in [0.15, 0.2) is 0 Å². The van der Waals surface area contributed by atoms with Gasteiger partial charge < -0.3 is 20.3 Å². The molecular formula is C7H19N2O2Si. The van der Waals surface area contributed by atoms with Gasteiger partial charge in [0, 0.05) is 20.3 Å². The maximum Gasteiger partial charge on any atom is 0.384 e. The van der Waals surface area contributed by atoms with Crippen LogP contribution >= 0.6 is 0 Å². The van der Waals surface area contributed by atoms with Gasteiger partial charge >= 0.3 is 9.28 Å². The first-order valence-corrected chi connectivity index (χ1v) is 5.57. The van der Waals surface area contributed by atoms with Gasteiger partial charge in [-0.1, -0.05) is 0 Å². The lowest BCUT2D eigenvalue weighted by Crippen LogP contribution is -2.37. The lowest BCUT2D eigenvalue weighted by atomic mass is 10.1. The number of hydrogen-bond donors (Lipinski definition) is 2. The molecule has 12 heavy (non-hydrogen) atoms. The van der Waals surface area contributed by atoms with Crippen LogP contribution in [0.4, 0.5) is 0 Å². The van der Waals surface area contributed by atoms with E-state index in [0.29, 0.717) is 12.5 Å². The predicted molar refractivity (Wildman–Crippen MR) is 50.8 cm³/mol. The standard InChI is InChI=1S/C7H19N2O2Si/c1-6(9)7(4-8)5-12(10-2)11-3/h6-7H,4-5,8-9H2,1-3H3. The lowest BCUT2D eigenvalue weighted by molar-refractivity contribution is 0.266. The Bertz CT molecular complexity index is 110. The molecule has 0 aliphatic heterocycles. The van der Waals surface area contributed by atoms with E-state index in [9.17, 15) is 0 Å². The van der Waals surface area contributed by atoms with Crippen LogP contribution < -0.4 is 11.5 Å². The van der Waals surface area contributed by atoms with Gasteiger partial charge in [-0.05, 0) is 25.4 Å². The first-order valence-electron chi connectivity index (χ1n) is 4.05. The Hall–Kier alpha value is 0.0569. The summed E-state index contributed by atoms with van der Waals surface area (Å²) in [5.41, 5.74) is 11.3. The van der Waals surface area contributed by atoms with E-state index in [2.05, 4.69) is 0 Å². The molecule has 0 rings (SSSR count). The fourth-order valence-corrected chi connectivity index (χ4v) is 2.41. The molecule has 0 aliphatic carbocycles. The van der Waals surface area contributed by atoms with E-state index in [-0.39, 0.29) is 6.04 Å². The molecule has 73 valence electrons. The molecule has 4 nitrogen and oxygen atoms in total. The van der Waals surface area contributed by atoms with Gasteiger partial charge in [0.05, 0.1) is 0 Å². The molecule has 1 radical (unpaired) electrons. The molecule has 0 aromatic carbocycles. The van der Waals surface area contributed by atoms with Crippen molar-refractivity contribution in [2.45, 2.75) is 19.0 Å². The van der Waals surface area contributed by atoms with Gasteiger partial charge in [-0.15, -0.1) is 0 Å². The van der Waals surface area contributed by atoms with Crippen molar-refractivity contribution in [3.8, 4) is 0 Å². The van der Waals surface area contributed by atoms with E-state index >= 15 is 0 Å². The van der Waals surface area contributed by atoms with Crippen molar-refractivity contribution in [1.29, 1.82) is 0 Å². The van der Waals surface area contributed by atoms with Gasteiger partial charge in [-0.25, -0.2) is 0 Å². The average molecular weight is 191 g/mol. The van der Waals surface area contributed by atoms with E-state index in [0.717, 1.165) is 6.04 Å². The zero-order valence-electron chi connectivity index (χ0n) is 8.04. The van der Waals surface area contributed by atoms with Gasteiger partial charge in [0.25, 0.3) is 0 Å². The fraction of sp³-hybridized carbons (Fsp3) is 1.00. The third kappa shape index (κ3) is 4.17. The summed E-state index contributed by atoms with van der Waals surface area (Å²) >= 11 is 0. The van der Waals surface area contributed by atoms with Gasteiger partial charge in [0.2, 0.25) is 0 Å². The molecule has 0 spiro atoms. The van der Waals surface area contributed by atoms with Gasteiger partial charge in [-0.3, -0.25) is 0 Å². The van der Waals surface area contributed by atoms with Crippen molar-refractivity contribution in [2.24, 2.45) is 17.4 Å². The minimum atomic E-state index is -1.14. The number of hydrogen-bond acceptors (Lipinski definition) is 4. The monoisotopic (exact) mass is 191 g/mol. The van der Waals surface area contributed by atoms with E-state index in [1.807, 2.05) is 6.92 Å². The van der Waals surface area contributed by atoms with Crippen molar-refractivity contribution in [3.63, 3.8) is 0 Å². The highest BCUT2D eigenvalue weighted by atomic mass is 28.3. The van der Waals surface area contributed by atoms with Crippen LogP contribution in [0.5, 0.6) is 0 Å². The summed E-state index contributed by atoms with van der Waals surface area (Å²) in [5, 5.41) is 0. The van der Waals surface area contributed by atoms with Crippen LogP contribution in [-0.4, -0.2) is 36.1 Å². The topological polar surface area (TPSA) is 70.5 Å². The van der Waals surface area contributed by atoms with Crippen molar-refractivity contribution in [3.05, 3.63) is 0 Å². The quantitative estimate of drug-likeness (QED) is 0.565. The zero-order valence-corrected chi connectivity index (χ0v) is 9.04. The maximum atomic E-state index is 5.73. The first kappa shape index (κ1) is 12.1. The average Bonchev–Trinajstić information content (AvgIpc) is 2.06. The van der Waals surface area contributed by atoms with Crippen molar-refractivity contribution < 1.29 is 8.85 Å². The Labute approximate surface area is 76.1 Å². The molecule has 0 aromatic heterocycles. The van der Waals surface area contributed by atoms with Crippen molar-refractivity contribution >= 4 is 9.28 Å². The van der Waals surface area contributed by atoms with E-state index in [1.54, 1.807) is 14.2 Å².